The number of halogens is 6. The van der Waals surface area contributed by atoms with Gasteiger partial charge in [0, 0.05) is 11.7 Å². The molecule has 1 aromatic rings. The van der Waals surface area contributed by atoms with E-state index in [1.54, 1.807) is 0 Å². The highest BCUT2D eigenvalue weighted by molar-refractivity contribution is 8.45. The van der Waals surface area contributed by atoms with Crippen LogP contribution < -0.4 is 11.1 Å². The molecule has 138 valence electrons. The highest BCUT2D eigenvalue weighted by atomic mass is 35.5. The number of anilines is 1. The van der Waals surface area contributed by atoms with E-state index in [-0.39, 0.29) is 42.0 Å². The fourth-order valence-corrected chi connectivity index (χ4v) is 4.45. The van der Waals surface area contributed by atoms with Crippen LogP contribution in [0.15, 0.2) is 29.2 Å². The standard InChI is InChI=1S/C14H17F5N2OS.ClH/c15-23(16,17,18,19)11-3-1-2-10(7-11)21-14(22)12-8-4-5-9(6-8)13(12)20;/h1-3,7-9,12-13H,4-6,20H2,(H,21,22);1H/t8-,9+,12-,13+;/m1./s1. The number of nitrogens with two attached hydrogens (primary N) is 1. The van der Waals surface area contributed by atoms with Crippen LogP contribution in [0.1, 0.15) is 19.3 Å². The Labute approximate surface area is 142 Å². The molecule has 0 saturated heterocycles. The van der Waals surface area contributed by atoms with Gasteiger partial charge >= 0.3 is 10.2 Å². The Morgan fingerprint density at radius 2 is 1.75 bits per heavy atom. The highest BCUT2D eigenvalue weighted by Gasteiger charge is 2.65. The number of fused-ring (bicyclic) bond motifs is 2. The van der Waals surface area contributed by atoms with E-state index < -0.39 is 26.9 Å². The lowest BCUT2D eigenvalue weighted by Crippen LogP contribution is -2.42. The number of nitrogens with one attached hydrogen (secondary N) is 1. The van der Waals surface area contributed by atoms with Gasteiger partial charge in [-0.3, -0.25) is 4.79 Å². The number of rotatable bonds is 3. The monoisotopic (exact) mass is 392 g/mol. The molecule has 0 radical (unpaired) electrons. The van der Waals surface area contributed by atoms with Crippen molar-refractivity contribution in [2.45, 2.75) is 30.2 Å². The lowest BCUT2D eigenvalue weighted by molar-refractivity contribution is -0.121. The van der Waals surface area contributed by atoms with Gasteiger partial charge in [0.15, 0.2) is 0 Å². The Balaban J connectivity index is 0.00000208. The minimum Gasteiger partial charge on any atom is -0.327 e. The van der Waals surface area contributed by atoms with E-state index in [4.69, 9.17) is 5.73 Å². The van der Waals surface area contributed by atoms with Crippen molar-refractivity contribution in [3.05, 3.63) is 24.3 Å². The number of hydrogen-bond acceptors (Lipinski definition) is 2. The van der Waals surface area contributed by atoms with Crippen molar-refractivity contribution in [1.82, 2.24) is 0 Å². The van der Waals surface area contributed by atoms with Gasteiger partial charge in [0.25, 0.3) is 0 Å². The largest absolute Gasteiger partial charge is 0.327 e. The molecule has 0 spiro atoms. The van der Waals surface area contributed by atoms with Gasteiger partial charge in [-0.25, -0.2) is 0 Å². The Kier molecular flexibility index (Phi) is 4.19. The molecule has 1 amide bonds. The molecule has 2 aliphatic carbocycles. The van der Waals surface area contributed by atoms with Gasteiger partial charge in [-0.05, 0) is 49.3 Å². The maximum atomic E-state index is 12.8. The molecule has 10 heteroatoms. The zero-order valence-electron chi connectivity index (χ0n) is 12.4. The Bertz CT molecular complexity index is 667. The SMILES string of the molecule is Cl.N[C@H]1[C@H]2CC[C@H](C2)[C@H]1C(=O)Nc1cccc(S(F)(F)(F)(F)F)c1. The average Bonchev–Trinajstić information content (AvgIpc) is 2.97. The third-order valence-electron chi connectivity index (χ3n) is 4.83. The second-order valence-corrected chi connectivity index (χ2v) is 8.83. The van der Waals surface area contributed by atoms with Crippen molar-refractivity contribution in [2.24, 2.45) is 23.5 Å². The summed E-state index contributed by atoms with van der Waals surface area (Å²) in [5.41, 5.74) is 5.71. The van der Waals surface area contributed by atoms with Crippen LogP contribution in [0.4, 0.5) is 25.1 Å². The van der Waals surface area contributed by atoms with E-state index in [2.05, 4.69) is 5.32 Å². The zero-order chi connectivity index (χ0) is 17.1. The summed E-state index contributed by atoms with van der Waals surface area (Å²) in [6.07, 6.45) is 2.65. The molecule has 1 aromatic carbocycles. The van der Waals surface area contributed by atoms with Gasteiger partial charge in [0.05, 0.1) is 5.92 Å². The summed E-state index contributed by atoms with van der Waals surface area (Å²) in [7, 11) is -9.76. The van der Waals surface area contributed by atoms with Crippen LogP contribution in [0.2, 0.25) is 0 Å². The molecule has 3 nitrogen and oxygen atoms in total. The number of carbonyl (C=O) groups is 1. The molecular formula is C14H18ClF5N2OS. The molecular weight excluding hydrogens is 375 g/mol. The molecule has 2 bridgehead atoms. The van der Waals surface area contributed by atoms with Gasteiger partial charge in [0.1, 0.15) is 4.90 Å². The topological polar surface area (TPSA) is 55.1 Å². The molecule has 0 aliphatic heterocycles. The van der Waals surface area contributed by atoms with E-state index in [1.165, 1.54) is 0 Å². The van der Waals surface area contributed by atoms with Crippen LogP contribution in [-0.4, -0.2) is 11.9 Å². The summed E-state index contributed by atoms with van der Waals surface area (Å²) in [6.45, 7) is 0. The fourth-order valence-electron chi connectivity index (χ4n) is 3.76. The zero-order valence-corrected chi connectivity index (χ0v) is 14.1. The van der Waals surface area contributed by atoms with Gasteiger partial charge in [-0.15, -0.1) is 12.4 Å². The molecule has 4 atom stereocenters. The molecule has 0 unspecified atom stereocenters. The lowest BCUT2D eigenvalue weighted by atomic mass is 9.84. The normalized spacial score (nSPS) is 31.8. The number of carbonyl (C=O) groups excluding carboxylic acids is 1. The van der Waals surface area contributed by atoms with Crippen molar-refractivity contribution in [1.29, 1.82) is 0 Å². The molecule has 2 saturated carbocycles. The maximum Gasteiger partial charge on any atom is 0.310 e. The van der Waals surface area contributed by atoms with Crippen molar-refractivity contribution >= 4 is 34.2 Å². The van der Waals surface area contributed by atoms with Crippen molar-refractivity contribution in [2.75, 3.05) is 5.32 Å². The lowest BCUT2D eigenvalue weighted by Gasteiger charge is -2.40. The second kappa shape index (κ2) is 5.22. The van der Waals surface area contributed by atoms with Crippen molar-refractivity contribution in [3.63, 3.8) is 0 Å². The Hall–Kier alpha value is -1.06. The summed E-state index contributed by atoms with van der Waals surface area (Å²) < 4.78 is 64.1. The van der Waals surface area contributed by atoms with E-state index in [9.17, 15) is 24.2 Å². The first-order chi connectivity index (χ1) is 10.3. The first-order valence-corrected chi connectivity index (χ1v) is 9.21. The first kappa shape index (κ1) is 19.3. The van der Waals surface area contributed by atoms with Crippen LogP contribution in [0.5, 0.6) is 0 Å². The van der Waals surface area contributed by atoms with E-state index in [1.807, 2.05) is 0 Å². The molecule has 24 heavy (non-hydrogen) atoms. The van der Waals surface area contributed by atoms with Crippen molar-refractivity contribution < 1.29 is 24.2 Å². The summed E-state index contributed by atoms with van der Waals surface area (Å²) in [6, 6.07) is 2.26. The predicted octanol–water partition coefficient (Wildman–Crippen LogP) is 5.08. The molecule has 3 rings (SSSR count). The second-order valence-electron chi connectivity index (χ2n) is 6.42. The van der Waals surface area contributed by atoms with Gasteiger partial charge in [-0.2, -0.15) is 0 Å². The van der Waals surface area contributed by atoms with E-state index in [0.29, 0.717) is 6.07 Å². The average molecular weight is 393 g/mol. The number of hydrogen-bond donors (Lipinski definition) is 2. The molecule has 0 heterocycles. The van der Waals surface area contributed by atoms with Crippen LogP contribution in [-0.2, 0) is 4.79 Å². The predicted molar refractivity (Wildman–Crippen MR) is 86.0 cm³/mol. The summed E-state index contributed by atoms with van der Waals surface area (Å²) in [5.74, 6) is -0.595. The quantitative estimate of drug-likeness (QED) is 0.705. The van der Waals surface area contributed by atoms with E-state index >= 15 is 0 Å². The molecule has 0 aromatic heterocycles. The third kappa shape index (κ3) is 3.62. The molecule has 2 aliphatic rings. The first-order valence-electron chi connectivity index (χ1n) is 7.26. The van der Waals surface area contributed by atoms with Crippen LogP contribution in [0.25, 0.3) is 0 Å². The van der Waals surface area contributed by atoms with Gasteiger partial charge in [0.2, 0.25) is 5.91 Å². The number of amides is 1. The summed E-state index contributed by atoms with van der Waals surface area (Å²) in [4.78, 5) is 10.3. The molecule has 2 fully saturated rings. The maximum absolute atomic E-state index is 12.8. The van der Waals surface area contributed by atoms with Crippen LogP contribution >= 0.6 is 22.6 Å². The smallest absolute Gasteiger partial charge is 0.310 e. The fraction of sp³-hybridized carbons (Fsp3) is 0.500. The minimum atomic E-state index is -9.76. The molecule has 3 N–H and O–H groups in total. The summed E-state index contributed by atoms with van der Waals surface area (Å²) in [5, 5.41) is 2.31. The van der Waals surface area contributed by atoms with Crippen molar-refractivity contribution in [3.8, 4) is 0 Å². The minimum absolute atomic E-state index is 0. The van der Waals surface area contributed by atoms with Crippen LogP contribution in [0.3, 0.4) is 0 Å². The summed E-state index contributed by atoms with van der Waals surface area (Å²) >= 11 is 0. The van der Waals surface area contributed by atoms with Gasteiger partial charge < -0.3 is 11.1 Å². The Morgan fingerprint density at radius 1 is 1.12 bits per heavy atom. The third-order valence-corrected chi connectivity index (χ3v) is 5.98. The number of benzene rings is 1. The van der Waals surface area contributed by atoms with Crippen LogP contribution in [0, 0.1) is 17.8 Å². The Morgan fingerprint density at radius 3 is 2.29 bits per heavy atom. The van der Waals surface area contributed by atoms with E-state index in [0.717, 1.165) is 31.4 Å². The van der Waals surface area contributed by atoms with Gasteiger partial charge in [-0.1, -0.05) is 25.5 Å². The highest BCUT2D eigenvalue weighted by Crippen LogP contribution is 3.02.